The summed E-state index contributed by atoms with van der Waals surface area (Å²) in [7, 11) is 0. The fourth-order valence-electron chi connectivity index (χ4n) is 5.04. The van der Waals surface area contributed by atoms with E-state index in [1.54, 1.807) is 49.4 Å². The molecule has 0 fully saturated rings. The summed E-state index contributed by atoms with van der Waals surface area (Å²) in [5.41, 5.74) is 2.88. The number of esters is 2. The van der Waals surface area contributed by atoms with Gasteiger partial charge in [-0.05, 0) is 60.4 Å². The van der Waals surface area contributed by atoms with E-state index >= 15 is 0 Å². The van der Waals surface area contributed by atoms with Crippen LogP contribution in [0, 0.1) is 17.2 Å². The molecule has 0 bridgehead atoms. The molecule has 1 atom stereocenters. The quantitative estimate of drug-likeness (QED) is 0.0540. The molecule has 8 heteroatoms. The van der Waals surface area contributed by atoms with Crippen LogP contribution in [0.15, 0.2) is 84.4 Å². The SMILES string of the molecule is CCCCCCCCCCCCOc1ccc(-c2ccc(C(=O)O[C@H](C(=O)OCC)C(C)C)cc2)cc1.N#CC(=Cc1ccccc1)C(=O)O. The maximum absolute atomic E-state index is 12.6. The standard InChI is InChI=1S/C32H46O5.C10H7NO2/c1-5-7-8-9-10-11-12-13-14-15-24-36-29-22-20-27(21-23-29)26-16-18-28(19-17-26)31(33)37-30(25(3)4)32(34)35-6-2;11-7-9(10(12)13)6-8-4-2-1-3-5-8/h16-23,25,30H,5-15,24H2,1-4H3;1-6H,(H,12,13)/t30-;/m0./s1. The number of nitrogens with zero attached hydrogens (tertiary/aromatic N) is 1. The number of carboxylic acid groups (broad SMARTS) is 1. The molecule has 0 unspecified atom stereocenters. The summed E-state index contributed by atoms with van der Waals surface area (Å²) in [6.45, 7) is 8.63. The van der Waals surface area contributed by atoms with E-state index in [4.69, 9.17) is 24.6 Å². The average Bonchev–Trinajstić information content (AvgIpc) is 3.12. The number of nitriles is 1. The Bertz CT molecular complexity index is 1490. The van der Waals surface area contributed by atoms with Gasteiger partial charge in [-0.25, -0.2) is 14.4 Å². The van der Waals surface area contributed by atoms with Gasteiger partial charge in [-0.2, -0.15) is 5.26 Å². The van der Waals surface area contributed by atoms with Gasteiger partial charge in [-0.15, -0.1) is 0 Å². The van der Waals surface area contributed by atoms with E-state index < -0.39 is 24.0 Å². The molecule has 50 heavy (non-hydrogen) atoms. The summed E-state index contributed by atoms with van der Waals surface area (Å²) >= 11 is 0. The third-order valence-electron chi connectivity index (χ3n) is 7.89. The highest BCUT2D eigenvalue weighted by atomic mass is 16.6. The molecule has 0 saturated carbocycles. The lowest BCUT2D eigenvalue weighted by Gasteiger charge is -2.19. The van der Waals surface area contributed by atoms with Gasteiger partial charge in [0.1, 0.15) is 17.4 Å². The van der Waals surface area contributed by atoms with Crippen molar-refractivity contribution in [3.05, 3.63) is 95.6 Å². The van der Waals surface area contributed by atoms with E-state index in [9.17, 15) is 14.4 Å². The van der Waals surface area contributed by atoms with Gasteiger partial charge in [0.05, 0.1) is 18.8 Å². The van der Waals surface area contributed by atoms with Crippen LogP contribution in [0.3, 0.4) is 0 Å². The number of carbonyl (C=O) groups excluding carboxylic acids is 2. The lowest BCUT2D eigenvalue weighted by atomic mass is 10.0. The van der Waals surface area contributed by atoms with E-state index in [-0.39, 0.29) is 18.1 Å². The predicted octanol–water partition coefficient (Wildman–Crippen LogP) is 10.1. The minimum atomic E-state index is -1.20. The first-order valence-electron chi connectivity index (χ1n) is 17.8. The number of carbonyl (C=O) groups is 3. The van der Waals surface area contributed by atoms with Crippen molar-refractivity contribution < 1.29 is 33.7 Å². The van der Waals surface area contributed by atoms with Gasteiger partial charge in [-0.1, -0.05) is 133 Å². The van der Waals surface area contributed by atoms with Gasteiger partial charge in [0.25, 0.3) is 0 Å². The highest BCUT2D eigenvalue weighted by Crippen LogP contribution is 2.24. The molecule has 0 aliphatic rings. The lowest BCUT2D eigenvalue weighted by Crippen LogP contribution is -2.33. The van der Waals surface area contributed by atoms with Crippen LogP contribution < -0.4 is 4.74 Å². The number of unbranched alkanes of at least 4 members (excludes halogenated alkanes) is 9. The van der Waals surface area contributed by atoms with Crippen LogP contribution in [0.4, 0.5) is 0 Å². The molecule has 0 amide bonds. The maximum Gasteiger partial charge on any atom is 0.347 e. The van der Waals surface area contributed by atoms with Crippen LogP contribution >= 0.6 is 0 Å². The topological polar surface area (TPSA) is 123 Å². The smallest absolute Gasteiger partial charge is 0.347 e. The van der Waals surface area contributed by atoms with Crippen molar-refractivity contribution >= 4 is 24.0 Å². The molecule has 0 heterocycles. The van der Waals surface area contributed by atoms with E-state index in [0.717, 1.165) is 29.9 Å². The Balaban J connectivity index is 0.000000557. The number of ether oxygens (including phenoxy) is 3. The summed E-state index contributed by atoms with van der Waals surface area (Å²) in [6.07, 6.45) is 13.6. The summed E-state index contributed by atoms with van der Waals surface area (Å²) in [5.74, 6) is -1.55. The van der Waals surface area contributed by atoms with Crippen LogP contribution in [0.2, 0.25) is 0 Å². The number of hydrogen-bond acceptors (Lipinski definition) is 7. The normalized spacial score (nSPS) is 11.5. The Hall–Kier alpha value is -4.90. The van der Waals surface area contributed by atoms with Crippen molar-refractivity contribution in [2.75, 3.05) is 13.2 Å². The highest BCUT2D eigenvalue weighted by molar-refractivity contribution is 5.96. The van der Waals surface area contributed by atoms with Crippen LogP contribution in [-0.2, 0) is 19.1 Å². The molecule has 8 nitrogen and oxygen atoms in total. The molecular formula is C42H53NO7. The summed E-state index contributed by atoms with van der Waals surface area (Å²) in [6, 6.07) is 25.7. The Kier molecular flexibility index (Phi) is 20.0. The van der Waals surface area contributed by atoms with Crippen molar-refractivity contribution in [3.8, 4) is 22.9 Å². The van der Waals surface area contributed by atoms with E-state index in [1.807, 2.05) is 56.3 Å². The Labute approximate surface area is 298 Å². The van der Waals surface area contributed by atoms with E-state index in [1.165, 1.54) is 63.9 Å². The molecular weight excluding hydrogens is 630 g/mol. The lowest BCUT2D eigenvalue weighted by molar-refractivity contribution is -0.155. The third-order valence-corrected chi connectivity index (χ3v) is 7.89. The van der Waals surface area contributed by atoms with Gasteiger partial charge in [-0.3, -0.25) is 0 Å². The number of rotatable bonds is 20. The van der Waals surface area contributed by atoms with Crippen molar-refractivity contribution in [2.45, 2.75) is 98.0 Å². The molecule has 3 rings (SSSR count). The zero-order valence-electron chi connectivity index (χ0n) is 30.1. The third kappa shape index (κ3) is 16.0. The van der Waals surface area contributed by atoms with Gasteiger partial charge in [0.15, 0.2) is 0 Å². The van der Waals surface area contributed by atoms with Crippen molar-refractivity contribution in [2.24, 2.45) is 5.92 Å². The minimum absolute atomic E-state index is 0.173. The predicted molar refractivity (Wildman–Crippen MR) is 198 cm³/mol. The summed E-state index contributed by atoms with van der Waals surface area (Å²) in [5, 5.41) is 17.0. The van der Waals surface area contributed by atoms with Gasteiger partial charge >= 0.3 is 17.9 Å². The van der Waals surface area contributed by atoms with Crippen LogP contribution in [0.5, 0.6) is 5.75 Å². The van der Waals surface area contributed by atoms with E-state index in [2.05, 4.69) is 6.92 Å². The molecule has 3 aromatic rings. The van der Waals surface area contributed by atoms with Crippen molar-refractivity contribution in [3.63, 3.8) is 0 Å². The van der Waals surface area contributed by atoms with E-state index in [0.29, 0.717) is 11.1 Å². The maximum atomic E-state index is 12.6. The van der Waals surface area contributed by atoms with Crippen LogP contribution in [0.25, 0.3) is 17.2 Å². The summed E-state index contributed by atoms with van der Waals surface area (Å²) < 4.78 is 16.4. The highest BCUT2D eigenvalue weighted by Gasteiger charge is 2.28. The van der Waals surface area contributed by atoms with Crippen molar-refractivity contribution in [1.82, 2.24) is 0 Å². The summed E-state index contributed by atoms with van der Waals surface area (Å²) in [4.78, 5) is 35.1. The number of aliphatic carboxylic acids is 1. The first-order chi connectivity index (χ1) is 24.2. The fraction of sp³-hybridized carbons (Fsp3) is 0.429. The molecule has 0 aliphatic heterocycles. The second-order valence-corrected chi connectivity index (χ2v) is 12.3. The Morgan fingerprint density at radius 2 is 1.30 bits per heavy atom. The molecule has 0 spiro atoms. The van der Waals surface area contributed by atoms with Crippen LogP contribution in [0.1, 0.15) is 108 Å². The number of carboxylic acids is 1. The number of benzene rings is 3. The molecule has 0 aromatic heterocycles. The molecule has 0 aliphatic carbocycles. The Morgan fingerprint density at radius 1 is 0.760 bits per heavy atom. The van der Waals surface area contributed by atoms with Gasteiger partial charge < -0.3 is 19.3 Å². The largest absolute Gasteiger partial charge is 0.494 e. The molecule has 0 saturated heterocycles. The first kappa shape index (κ1) is 41.3. The van der Waals surface area contributed by atoms with Crippen molar-refractivity contribution in [1.29, 1.82) is 5.26 Å². The number of hydrogen-bond donors (Lipinski definition) is 1. The Morgan fingerprint density at radius 3 is 1.80 bits per heavy atom. The monoisotopic (exact) mass is 683 g/mol. The average molecular weight is 684 g/mol. The fourth-order valence-corrected chi connectivity index (χ4v) is 5.04. The molecule has 3 aromatic carbocycles. The molecule has 0 radical (unpaired) electrons. The van der Waals surface area contributed by atoms with Gasteiger partial charge in [0.2, 0.25) is 6.10 Å². The molecule has 1 N–H and O–H groups in total. The van der Waals surface area contributed by atoms with Crippen LogP contribution in [-0.4, -0.2) is 42.3 Å². The second-order valence-electron chi connectivity index (χ2n) is 12.3. The zero-order chi connectivity index (χ0) is 36.6. The minimum Gasteiger partial charge on any atom is -0.494 e. The van der Waals surface area contributed by atoms with Gasteiger partial charge in [0, 0.05) is 5.92 Å². The molecule has 268 valence electrons. The second kappa shape index (κ2) is 24.3. The zero-order valence-corrected chi connectivity index (χ0v) is 30.1. The first-order valence-corrected chi connectivity index (χ1v) is 17.8.